The lowest BCUT2D eigenvalue weighted by molar-refractivity contribution is -0.121. The van der Waals surface area contributed by atoms with Gasteiger partial charge in [-0.3, -0.25) is 4.79 Å². The molecule has 0 heterocycles. The highest BCUT2D eigenvalue weighted by Gasteiger charge is 2.10. The summed E-state index contributed by atoms with van der Waals surface area (Å²) in [6.45, 7) is 7.65. The van der Waals surface area contributed by atoms with Gasteiger partial charge in [0.25, 0.3) is 0 Å². The van der Waals surface area contributed by atoms with Gasteiger partial charge in [-0.05, 0) is 19.8 Å². The van der Waals surface area contributed by atoms with E-state index >= 15 is 0 Å². The van der Waals surface area contributed by atoms with Crippen molar-refractivity contribution in [1.82, 2.24) is 5.32 Å². The number of hydrogen-bond donors (Lipinski definition) is 1. The van der Waals surface area contributed by atoms with Crippen LogP contribution in [0.25, 0.3) is 0 Å². The van der Waals surface area contributed by atoms with Gasteiger partial charge in [-0.25, -0.2) is 0 Å². The van der Waals surface area contributed by atoms with E-state index in [4.69, 9.17) is 4.74 Å². The Balaban J connectivity index is 3.30. The second kappa shape index (κ2) is 18.9. The molecule has 1 atom stereocenters. The summed E-state index contributed by atoms with van der Waals surface area (Å²) in [4.78, 5) is 11.6. The van der Waals surface area contributed by atoms with Crippen LogP contribution in [-0.4, -0.2) is 19.2 Å². The van der Waals surface area contributed by atoms with E-state index in [2.05, 4.69) is 18.8 Å². The third-order valence-electron chi connectivity index (χ3n) is 5.03. The van der Waals surface area contributed by atoms with Gasteiger partial charge in [0.05, 0.1) is 0 Å². The fourth-order valence-electron chi connectivity index (χ4n) is 3.22. The van der Waals surface area contributed by atoms with Crippen LogP contribution < -0.4 is 5.32 Å². The van der Waals surface area contributed by atoms with Gasteiger partial charge < -0.3 is 10.1 Å². The molecule has 0 aliphatic heterocycles. The Morgan fingerprint density at radius 3 is 1.54 bits per heavy atom. The molecule has 0 radical (unpaired) electrons. The summed E-state index contributed by atoms with van der Waals surface area (Å²) in [5, 5.41) is 2.86. The Morgan fingerprint density at radius 2 is 1.19 bits per heavy atom. The minimum absolute atomic E-state index is 0.113. The van der Waals surface area contributed by atoms with Gasteiger partial charge in [-0.1, -0.05) is 103 Å². The van der Waals surface area contributed by atoms with Crippen LogP contribution in [0, 0.1) is 0 Å². The van der Waals surface area contributed by atoms with E-state index in [-0.39, 0.29) is 12.1 Å². The van der Waals surface area contributed by atoms with E-state index in [1.54, 1.807) is 14.0 Å². The lowest BCUT2D eigenvalue weighted by atomic mass is 10.0. The molecule has 1 N–H and O–H groups in total. The van der Waals surface area contributed by atoms with Crippen LogP contribution in [0.1, 0.15) is 117 Å². The fourth-order valence-corrected chi connectivity index (χ4v) is 3.22. The van der Waals surface area contributed by atoms with Crippen molar-refractivity contribution in [2.75, 3.05) is 7.11 Å². The van der Waals surface area contributed by atoms with Crippen molar-refractivity contribution in [2.45, 2.75) is 123 Å². The van der Waals surface area contributed by atoms with E-state index in [0.29, 0.717) is 5.57 Å². The third-order valence-corrected chi connectivity index (χ3v) is 5.03. The standard InChI is InChI=1S/C23H45NO2/c1-5-6-7-8-9-10-11-12-13-14-15-16-17-18-19-20-22(26-4)24-23(25)21(2)3/h22H,2,5-20H2,1,3-4H3,(H,24,25). The molecular weight excluding hydrogens is 322 g/mol. The smallest absolute Gasteiger partial charge is 0.248 e. The highest BCUT2D eigenvalue weighted by Crippen LogP contribution is 2.14. The van der Waals surface area contributed by atoms with Crippen LogP contribution in [0.2, 0.25) is 0 Å². The molecule has 0 rings (SSSR count). The van der Waals surface area contributed by atoms with E-state index in [1.165, 1.54) is 89.9 Å². The highest BCUT2D eigenvalue weighted by atomic mass is 16.5. The lowest BCUT2D eigenvalue weighted by Gasteiger charge is -2.17. The van der Waals surface area contributed by atoms with Gasteiger partial charge in [-0.2, -0.15) is 0 Å². The average molecular weight is 368 g/mol. The monoisotopic (exact) mass is 367 g/mol. The van der Waals surface area contributed by atoms with Crippen molar-refractivity contribution >= 4 is 5.91 Å². The summed E-state index contributed by atoms with van der Waals surface area (Å²) in [5.41, 5.74) is 0.531. The van der Waals surface area contributed by atoms with Crippen molar-refractivity contribution in [3.63, 3.8) is 0 Å². The van der Waals surface area contributed by atoms with Crippen LogP contribution in [0.15, 0.2) is 12.2 Å². The summed E-state index contributed by atoms with van der Waals surface area (Å²) in [7, 11) is 1.65. The second-order valence-electron chi connectivity index (χ2n) is 7.72. The SMILES string of the molecule is C=C(C)C(=O)NC(CCCCCCCCCCCCCCCCC)OC. The molecule has 1 unspecified atom stereocenters. The number of nitrogens with one attached hydrogen (secondary N) is 1. The molecule has 0 fully saturated rings. The number of rotatable bonds is 19. The van der Waals surface area contributed by atoms with Gasteiger partial charge in [-0.15, -0.1) is 0 Å². The van der Waals surface area contributed by atoms with E-state index in [0.717, 1.165) is 12.8 Å². The molecule has 3 heteroatoms. The van der Waals surface area contributed by atoms with Crippen molar-refractivity contribution in [3.05, 3.63) is 12.2 Å². The number of unbranched alkanes of at least 4 members (excludes halogenated alkanes) is 14. The molecule has 26 heavy (non-hydrogen) atoms. The predicted octanol–water partition coefficient (Wildman–Crippen LogP) is 6.91. The molecule has 0 aliphatic carbocycles. The lowest BCUT2D eigenvalue weighted by Crippen LogP contribution is -2.36. The minimum atomic E-state index is -0.179. The molecule has 0 bridgehead atoms. The van der Waals surface area contributed by atoms with Gasteiger partial charge in [0.1, 0.15) is 6.23 Å². The molecule has 0 aliphatic rings. The molecule has 1 amide bonds. The van der Waals surface area contributed by atoms with E-state index in [1.807, 2.05) is 0 Å². The first-order valence-corrected chi connectivity index (χ1v) is 11.1. The summed E-state index contributed by atoms with van der Waals surface area (Å²) >= 11 is 0. The number of ether oxygens (including phenoxy) is 1. The molecule has 0 spiro atoms. The maximum absolute atomic E-state index is 11.6. The summed E-state index contributed by atoms with van der Waals surface area (Å²) in [6, 6.07) is 0. The minimum Gasteiger partial charge on any atom is -0.362 e. The molecule has 0 aromatic heterocycles. The van der Waals surface area contributed by atoms with Gasteiger partial charge in [0.2, 0.25) is 5.91 Å². The maximum Gasteiger partial charge on any atom is 0.248 e. The van der Waals surface area contributed by atoms with Gasteiger partial charge in [0, 0.05) is 12.7 Å². The summed E-state index contributed by atoms with van der Waals surface area (Å²) in [5.74, 6) is -0.113. The van der Waals surface area contributed by atoms with Crippen LogP contribution in [0.5, 0.6) is 0 Å². The van der Waals surface area contributed by atoms with Gasteiger partial charge >= 0.3 is 0 Å². The van der Waals surface area contributed by atoms with Crippen molar-refractivity contribution in [2.24, 2.45) is 0 Å². The fraction of sp³-hybridized carbons (Fsp3) is 0.870. The zero-order valence-corrected chi connectivity index (χ0v) is 17.9. The molecular formula is C23H45NO2. The normalized spacial score (nSPS) is 12.1. The average Bonchev–Trinajstić information content (AvgIpc) is 2.63. The van der Waals surface area contributed by atoms with Crippen LogP contribution in [0.3, 0.4) is 0 Å². The largest absolute Gasteiger partial charge is 0.362 e. The molecule has 3 nitrogen and oxygen atoms in total. The van der Waals surface area contributed by atoms with E-state index < -0.39 is 0 Å². The Labute approximate surface area is 163 Å². The highest BCUT2D eigenvalue weighted by molar-refractivity contribution is 5.92. The molecule has 0 aromatic carbocycles. The number of amides is 1. The Kier molecular flexibility index (Phi) is 18.3. The topological polar surface area (TPSA) is 38.3 Å². The van der Waals surface area contributed by atoms with Crippen LogP contribution in [-0.2, 0) is 9.53 Å². The van der Waals surface area contributed by atoms with Crippen LogP contribution >= 0.6 is 0 Å². The second-order valence-corrected chi connectivity index (χ2v) is 7.72. The first-order chi connectivity index (χ1) is 12.6. The summed E-state index contributed by atoms with van der Waals surface area (Å²) in [6.07, 6.45) is 21.2. The van der Waals surface area contributed by atoms with E-state index in [9.17, 15) is 4.79 Å². The number of hydrogen-bond acceptors (Lipinski definition) is 2. The first-order valence-electron chi connectivity index (χ1n) is 11.1. The zero-order chi connectivity index (χ0) is 19.5. The number of carbonyl (C=O) groups is 1. The number of methoxy groups -OCH3 is 1. The molecule has 0 saturated heterocycles. The van der Waals surface area contributed by atoms with Crippen molar-refractivity contribution < 1.29 is 9.53 Å². The molecule has 0 aromatic rings. The molecule has 0 saturated carbocycles. The Morgan fingerprint density at radius 1 is 0.808 bits per heavy atom. The summed E-state index contributed by atoms with van der Waals surface area (Å²) < 4.78 is 5.32. The first kappa shape index (κ1) is 25.2. The molecule has 154 valence electrons. The quantitative estimate of drug-likeness (QED) is 0.153. The van der Waals surface area contributed by atoms with Crippen LogP contribution in [0.4, 0.5) is 0 Å². The van der Waals surface area contributed by atoms with Gasteiger partial charge in [0.15, 0.2) is 0 Å². The Hall–Kier alpha value is -0.830. The third kappa shape index (κ3) is 16.6. The van der Waals surface area contributed by atoms with Crippen molar-refractivity contribution in [3.8, 4) is 0 Å². The maximum atomic E-state index is 11.6. The zero-order valence-electron chi connectivity index (χ0n) is 17.9. The van der Waals surface area contributed by atoms with Crippen molar-refractivity contribution in [1.29, 1.82) is 0 Å². The Bertz CT molecular complexity index is 341. The number of carbonyl (C=O) groups excluding carboxylic acids is 1. The predicted molar refractivity (Wildman–Crippen MR) is 113 cm³/mol.